The van der Waals surface area contributed by atoms with Crippen LogP contribution in [0.1, 0.15) is 31.5 Å². The summed E-state index contributed by atoms with van der Waals surface area (Å²) in [6, 6.07) is 8.59. The number of imidazole rings is 1. The number of aromatic nitrogens is 4. The minimum Gasteiger partial charge on any atom is -0.477 e. The van der Waals surface area contributed by atoms with Gasteiger partial charge in [-0.2, -0.15) is 9.97 Å². The maximum absolute atomic E-state index is 14.1. The van der Waals surface area contributed by atoms with Gasteiger partial charge in [-0.15, -0.1) is 0 Å². The standard InChI is InChI=1S/C28H35F2N7O3/c1-34-8-6-19(7-9-34)14-25(38)36-16-20(17-36)18-40-24-15-23(32-28(33-24)35-10-12-39-13-11-35)37-22-5-3-2-4-21(22)31-27(37)26(29)30/h2-5,15,19-20,26H,6-14,16-18H2,1H3. The van der Waals surface area contributed by atoms with E-state index in [0.29, 0.717) is 81.2 Å². The van der Waals surface area contributed by atoms with Crippen LogP contribution in [0.15, 0.2) is 30.3 Å². The van der Waals surface area contributed by atoms with Gasteiger partial charge in [-0.1, -0.05) is 12.1 Å². The number of benzene rings is 1. The van der Waals surface area contributed by atoms with Crippen molar-refractivity contribution in [3.8, 4) is 11.7 Å². The molecule has 1 amide bonds. The molecule has 0 bridgehead atoms. The number of nitrogens with zero attached hydrogens (tertiary/aromatic N) is 7. The van der Waals surface area contributed by atoms with Crippen LogP contribution in [0.3, 0.4) is 0 Å². The molecular weight excluding hydrogens is 520 g/mol. The highest BCUT2D eigenvalue weighted by Gasteiger charge is 2.33. The quantitative estimate of drug-likeness (QED) is 0.419. The summed E-state index contributed by atoms with van der Waals surface area (Å²) >= 11 is 0. The Kier molecular flexibility index (Phi) is 7.79. The first-order valence-electron chi connectivity index (χ1n) is 14.0. The Hall–Kier alpha value is -3.38. The van der Waals surface area contributed by atoms with Crippen LogP contribution in [0, 0.1) is 11.8 Å². The second-order valence-electron chi connectivity index (χ2n) is 11.0. The van der Waals surface area contributed by atoms with Gasteiger partial charge in [0.15, 0.2) is 5.82 Å². The van der Waals surface area contributed by atoms with Crippen LogP contribution >= 0.6 is 0 Å². The predicted octanol–water partition coefficient (Wildman–Crippen LogP) is 3.16. The number of ether oxygens (including phenoxy) is 2. The molecule has 40 heavy (non-hydrogen) atoms. The number of rotatable bonds is 8. The Bertz CT molecular complexity index is 1330. The number of likely N-dealkylation sites (tertiary alicyclic amines) is 2. The molecule has 10 nitrogen and oxygen atoms in total. The summed E-state index contributed by atoms with van der Waals surface area (Å²) in [6.45, 7) is 6.03. The van der Waals surface area contributed by atoms with Crippen molar-refractivity contribution in [1.29, 1.82) is 0 Å². The van der Waals surface area contributed by atoms with Crippen LogP contribution < -0.4 is 9.64 Å². The van der Waals surface area contributed by atoms with E-state index >= 15 is 0 Å². The van der Waals surface area contributed by atoms with E-state index in [1.54, 1.807) is 30.3 Å². The number of alkyl halides is 2. The second-order valence-corrected chi connectivity index (χ2v) is 11.0. The fourth-order valence-corrected chi connectivity index (χ4v) is 5.65. The van der Waals surface area contributed by atoms with E-state index in [1.165, 1.54) is 4.57 Å². The number of halogens is 2. The lowest BCUT2D eigenvalue weighted by Gasteiger charge is -2.40. The molecule has 3 saturated heterocycles. The van der Waals surface area contributed by atoms with Gasteiger partial charge in [0.1, 0.15) is 5.82 Å². The van der Waals surface area contributed by atoms with Gasteiger partial charge in [0, 0.05) is 44.6 Å². The van der Waals surface area contributed by atoms with Crippen LogP contribution in [-0.4, -0.2) is 101 Å². The fourth-order valence-electron chi connectivity index (χ4n) is 5.65. The molecule has 0 unspecified atom stereocenters. The molecule has 1 aromatic carbocycles. The maximum atomic E-state index is 14.1. The monoisotopic (exact) mass is 555 g/mol. The first-order chi connectivity index (χ1) is 19.4. The Labute approximate surface area is 231 Å². The molecule has 0 radical (unpaired) electrons. The summed E-state index contributed by atoms with van der Waals surface area (Å²) < 4.78 is 41.1. The number of hydrogen-bond donors (Lipinski definition) is 0. The number of hydrogen-bond acceptors (Lipinski definition) is 8. The molecule has 5 heterocycles. The average Bonchev–Trinajstić information content (AvgIpc) is 3.34. The summed E-state index contributed by atoms with van der Waals surface area (Å²) in [6.07, 6.45) is -0.0235. The van der Waals surface area contributed by atoms with Crippen molar-refractivity contribution >= 4 is 22.9 Å². The minimum absolute atomic E-state index is 0.192. The molecule has 0 atom stereocenters. The molecular formula is C28H35F2N7O3. The smallest absolute Gasteiger partial charge is 0.296 e. The lowest BCUT2D eigenvalue weighted by molar-refractivity contribution is -0.139. The van der Waals surface area contributed by atoms with E-state index < -0.39 is 6.43 Å². The van der Waals surface area contributed by atoms with Crippen LogP contribution in [0.2, 0.25) is 0 Å². The number of carbonyl (C=O) groups excluding carboxylic acids is 1. The molecule has 2 aromatic heterocycles. The first-order valence-corrected chi connectivity index (χ1v) is 14.0. The third-order valence-electron chi connectivity index (χ3n) is 8.06. The lowest BCUT2D eigenvalue weighted by Crippen LogP contribution is -2.52. The topological polar surface area (TPSA) is 88.9 Å². The summed E-state index contributed by atoms with van der Waals surface area (Å²) in [5, 5.41) is 0. The number of piperidine rings is 1. The number of para-hydroxylation sites is 2. The highest BCUT2D eigenvalue weighted by Crippen LogP contribution is 2.30. The van der Waals surface area contributed by atoms with Crippen molar-refractivity contribution in [2.75, 3.05) is 71.0 Å². The van der Waals surface area contributed by atoms with Crippen molar-refractivity contribution in [1.82, 2.24) is 29.3 Å². The van der Waals surface area contributed by atoms with E-state index in [1.807, 2.05) is 9.80 Å². The minimum atomic E-state index is -2.79. The van der Waals surface area contributed by atoms with Crippen LogP contribution in [0.4, 0.5) is 14.7 Å². The van der Waals surface area contributed by atoms with E-state index in [9.17, 15) is 13.6 Å². The molecule has 3 aliphatic heterocycles. The molecule has 3 fully saturated rings. The SMILES string of the molecule is CN1CCC(CC(=O)N2CC(COc3cc(-n4c(C(F)F)nc5ccccc54)nc(N4CCOCC4)n3)C2)CC1. The molecule has 3 aliphatic rings. The van der Waals surface area contributed by atoms with Gasteiger partial charge in [0.25, 0.3) is 6.43 Å². The second kappa shape index (κ2) is 11.6. The number of carbonyl (C=O) groups is 1. The van der Waals surface area contributed by atoms with E-state index in [2.05, 4.69) is 26.9 Å². The van der Waals surface area contributed by atoms with Crippen molar-refractivity contribution in [3.63, 3.8) is 0 Å². The summed E-state index contributed by atoms with van der Waals surface area (Å²) in [5.74, 6) is 1.48. The Morgan fingerprint density at radius 1 is 1.05 bits per heavy atom. The lowest BCUT2D eigenvalue weighted by atomic mass is 9.91. The van der Waals surface area contributed by atoms with E-state index in [4.69, 9.17) is 9.47 Å². The molecule has 6 rings (SSSR count). The number of anilines is 1. The van der Waals surface area contributed by atoms with Crippen molar-refractivity contribution < 1.29 is 23.0 Å². The summed E-state index contributed by atoms with van der Waals surface area (Å²) in [4.78, 5) is 32.4. The highest BCUT2D eigenvalue weighted by atomic mass is 19.3. The zero-order valence-electron chi connectivity index (χ0n) is 22.7. The number of amides is 1. The Morgan fingerprint density at radius 3 is 2.55 bits per heavy atom. The van der Waals surface area contributed by atoms with Crippen molar-refractivity contribution in [3.05, 3.63) is 36.2 Å². The molecule has 214 valence electrons. The summed E-state index contributed by atoms with van der Waals surface area (Å²) in [7, 11) is 2.12. The van der Waals surface area contributed by atoms with Gasteiger partial charge >= 0.3 is 0 Å². The van der Waals surface area contributed by atoms with Gasteiger partial charge in [0.05, 0.1) is 30.9 Å². The van der Waals surface area contributed by atoms with Gasteiger partial charge in [-0.25, -0.2) is 13.8 Å². The van der Waals surface area contributed by atoms with Crippen LogP contribution in [0.25, 0.3) is 16.9 Å². The third-order valence-corrected chi connectivity index (χ3v) is 8.06. The largest absolute Gasteiger partial charge is 0.477 e. The normalized spacial score (nSPS) is 19.4. The highest BCUT2D eigenvalue weighted by molar-refractivity contribution is 5.78. The molecule has 0 saturated carbocycles. The van der Waals surface area contributed by atoms with Gasteiger partial charge < -0.3 is 24.2 Å². The molecule has 0 spiro atoms. The Morgan fingerprint density at radius 2 is 1.80 bits per heavy atom. The molecule has 0 N–H and O–H groups in total. The van der Waals surface area contributed by atoms with Crippen molar-refractivity contribution in [2.45, 2.75) is 25.7 Å². The zero-order chi connectivity index (χ0) is 27.6. The molecule has 3 aromatic rings. The number of fused-ring (bicyclic) bond motifs is 1. The molecule has 12 heteroatoms. The van der Waals surface area contributed by atoms with Gasteiger partial charge in [0.2, 0.25) is 17.7 Å². The van der Waals surface area contributed by atoms with Crippen LogP contribution in [0.5, 0.6) is 5.88 Å². The summed E-state index contributed by atoms with van der Waals surface area (Å²) in [5.41, 5.74) is 0.999. The van der Waals surface area contributed by atoms with Gasteiger partial charge in [-0.05, 0) is 51.0 Å². The fraction of sp³-hybridized carbons (Fsp3) is 0.571. The predicted molar refractivity (Wildman–Crippen MR) is 145 cm³/mol. The molecule has 0 aliphatic carbocycles. The number of morpholine rings is 1. The third kappa shape index (κ3) is 5.73. The average molecular weight is 556 g/mol. The van der Waals surface area contributed by atoms with E-state index in [-0.39, 0.29) is 23.5 Å². The van der Waals surface area contributed by atoms with Crippen molar-refractivity contribution in [2.24, 2.45) is 11.8 Å². The van der Waals surface area contributed by atoms with Crippen LogP contribution in [-0.2, 0) is 9.53 Å². The maximum Gasteiger partial charge on any atom is 0.296 e. The zero-order valence-corrected chi connectivity index (χ0v) is 22.7. The van der Waals surface area contributed by atoms with Gasteiger partial charge in [-0.3, -0.25) is 9.36 Å². The van der Waals surface area contributed by atoms with E-state index in [0.717, 1.165) is 25.9 Å². The Balaban J connectivity index is 1.17. The first kappa shape index (κ1) is 26.8.